The third-order valence-corrected chi connectivity index (χ3v) is 6.51. The molecule has 0 radical (unpaired) electrons. The number of carbonyl (C=O) groups excluding carboxylic acids is 4. The van der Waals surface area contributed by atoms with Crippen molar-refractivity contribution in [2.45, 2.75) is 26.7 Å². The number of amides is 3. The van der Waals surface area contributed by atoms with Crippen LogP contribution in [0.2, 0.25) is 5.02 Å². The number of carbonyl (C=O) groups is 4. The molecule has 8 nitrogen and oxygen atoms in total. The van der Waals surface area contributed by atoms with Crippen LogP contribution in [0, 0.1) is 6.92 Å². The topological polar surface area (TPSA) is 105 Å². The molecule has 0 fully saturated rings. The van der Waals surface area contributed by atoms with Crippen LogP contribution in [0.3, 0.4) is 0 Å². The Hall–Kier alpha value is -4.14. The predicted molar refractivity (Wildman–Crippen MR) is 151 cm³/mol. The molecule has 1 heterocycles. The molecule has 1 aliphatic rings. The Morgan fingerprint density at radius 1 is 0.897 bits per heavy atom. The SMILES string of the molecule is CCCCOC(=O)c1cccc(NC(=O)c2cccc(NC3=C(Cl)C(=O)N(c4cc(Cl)ccc4C)C3=O)c2)c1. The van der Waals surface area contributed by atoms with Crippen LogP contribution in [0.1, 0.15) is 46.0 Å². The average Bonchev–Trinajstić information content (AvgIpc) is 3.13. The fraction of sp³-hybridized carbons (Fsp3) is 0.172. The second-order valence-corrected chi connectivity index (χ2v) is 9.61. The number of hydrogen-bond donors (Lipinski definition) is 2. The first kappa shape index (κ1) is 27.9. The first-order chi connectivity index (χ1) is 18.7. The number of anilines is 3. The van der Waals surface area contributed by atoms with Crippen LogP contribution in [-0.4, -0.2) is 30.3 Å². The molecule has 3 aromatic carbocycles. The molecule has 0 aliphatic carbocycles. The van der Waals surface area contributed by atoms with Crippen LogP contribution >= 0.6 is 23.2 Å². The van der Waals surface area contributed by atoms with E-state index in [1.165, 1.54) is 18.2 Å². The predicted octanol–water partition coefficient (Wildman–Crippen LogP) is 6.29. The number of halogens is 2. The molecule has 1 aliphatic heterocycles. The van der Waals surface area contributed by atoms with E-state index in [2.05, 4.69) is 10.6 Å². The highest BCUT2D eigenvalue weighted by atomic mass is 35.5. The van der Waals surface area contributed by atoms with E-state index in [0.29, 0.717) is 39.8 Å². The summed E-state index contributed by atoms with van der Waals surface area (Å²) in [4.78, 5) is 52.2. The van der Waals surface area contributed by atoms with E-state index in [1.54, 1.807) is 55.5 Å². The van der Waals surface area contributed by atoms with E-state index in [0.717, 1.165) is 17.7 Å². The zero-order valence-corrected chi connectivity index (χ0v) is 22.7. The summed E-state index contributed by atoms with van der Waals surface area (Å²) in [5.74, 6) is -2.24. The highest BCUT2D eigenvalue weighted by Gasteiger charge is 2.39. The van der Waals surface area contributed by atoms with Gasteiger partial charge in [-0.05, 0) is 67.4 Å². The lowest BCUT2D eigenvalue weighted by atomic mass is 10.1. The standard InChI is InChI=1S/C29H25Cl2N3O5/c1-3-4-13-39-29(38)19-8-6-10-22(15-19)33-26(35)18-7-5-9-21(14-18)32-25-24(31)27(36)34(28(25)37)23-16-20(30)12-11-17(23)2/h5-12,14-16,32H,3-4,13H2,1-2H3,(H,33,35). The van der Waals surface area contributed by atoms with Crippen LogP contribution in [0.15, 0.2) is 77.5 Å². The lowest BCUT2D eigenvalue weighted by Gasteiger charge is -2.18. The number of rotatable bonds is 9. The number of hydrogen-bond acceptors (Lipinski definition) is 6. The number of benzene rings is 3. The number of imide groups is 1. The molecule has 0 aromatic heterocycles. The van der Waals surface area contributed by atoms with Gasteiger partial charge in [0.15, 0.2) is 0 Å². The summed E-state index contributed by atoms with van der Waals surface area (Å²) in [6.07, 6.45) is 1.68. The maximum absolute atomic E-state index is 13.2. The van der Waals surface area contributed by atoms with E-state index >= 15 is 0 Å². The number of nitrogens with one attached hydrogen (secondary N) is 2. The van der Waals surface area contributed by atoms with Crippen molar-refractivity contribution in [2.24, 2.45) is 0 Å². The van der Waals surface area contributed by atoms with E-state index in [-0.39, 0.29) is 16.3 Å². The molecule has 10 heteroatoms. The molecule has 0 atom stereocenters. The maximum atomic E-state index is 13.2. The molecule has 0 saturated carbocycles. The molecule has 0 spiro atoms. The Morgan fingerprint density at radius 3 is 2.33 bits per heavy atom. The van der Waals surface area contributed by atoms with Crippen molar-refractivity contribution in [3.8, 4) is 0 Å². The number of unbranched alkanes of at least 4 members (excludes halogenated alkanes) is 1. The van der Waals surface area contributed by atoms with Crippen LogP contribution in [0.5, 0.6) is 0 Å². The summed E-state index contributed by atoms with van der Waals surface area (Å²) in [5, 5.41) is 5.71. The van der Waals surface area contributed by atoms with Crippen LogP contribution in [0.4, 0.5) is 17.1 Å². The molecule has 0 unspecified atom stereocenters. The van der Waals surface area contributed by atoms with Crippen molar-refractivity contribution in [3.63, 3.8) is 0 Å². The summed E-state index contributed by atoms with van der Waals surface area (Å²) in [5.41, 5.74) is 2.26. The summed E-state index contributed by atoms with van der Waals surface area (Å²) in [6, 6.07) is 17.7. The molecule has 3 aromatic rings. The Labute approximate surface area is 235 Å². The van der Waals surface area contributed by atoms with E-state index in [9.17, 15) is 19.2 Å². The lowest BCUT2D eigenvalue weighted by Crippen LogP contribution is -2.32. The van der Waals surface area contributed by atoms with Gasteiger partial charge in [0.2, 0.25) is 0 Å². The van der Waals surface area contributed by atoms with Gasteiger partial charge in [0.1, 0.15) is 10.7 Å². The van der Waals surface area contributed by atoms with Crippen molar-refractivity contribution in [2.75, 3.05) is 22.1 Å². The summed E-state index contributed by atoms with van der Waals surface area (Å²) >= 11 is 12.3. The Kier molecular flexibility index (Phi) is 8.69. The molecule has 2 N–H and O–H groups in total. The molecule has 0 saturated heterocycles. The van der Waals surface area contributed by atoms with Crippen LogP contribution in [0.25, 0.3) is 0 Å². The maximum Gasteiger partial charge on any atom is 0.338 e. The Bertz CT molecular complexity index is 1500. The van der Waals surface area contributed by atoms with Gasteiger partial charge in [-0.2, -0.15) is 0 Å². The van der Waals surface area contributed by atoms with Gasteiger partial charge in [0.05, 0.1) is 17.9 Å². The minimum absolute atomic E-state index is 0.118. The third kappa shape index (κ3) is 6.30. The number of aryl methyl sites for hydroxylation is 1. The Morgan fingerprint density at radius 2 is 1.59 bits per heavy atom. The lowest BCUT2D eigenvalue weighted by molar-refractivity contribution is -0.120. The van der Waals surface area contributed by atoms with Gasteiger partial charge >= 0.3 is 5.97 Å². The van der Waals surface area contributed by atoms with E-state index < -0.39 is 23.7 Å². The quantitative estimate of drug-likeness (QED) is 0.179. The van der Waals surface area contributed by atoms with Crippen LogP contribution < -0.4 is 15.5 Å². The van der Waals surface area contributed by atoms with Gasteiger partial charge in [0.25, 0.3) is 17.7 Å². The first-order valence-electron chi connectivity index (χ1n) is 12.2. The third-order valence-electron chi connectivity index (χ3n) is 5.92. The van der Waals surface area contributed by atoms with E-state index in [1.807, 2.05) is 6.92 Å². The van der Waals surface area contributed by atoms with E-state index in [4.69, 9.17) is 27.9 Å². The number of ether oxygens (including phenoxy) is 1. The van der Waals surface area contributed by atoms with Crippen LogP contribution in [-0.2, 0) is 14.3 Å². The molecule has 200 valence electrons. The Balaban J connectivity index is 1.48. The van der Waals surface area contributed by atoms with Crippen molar-refractivity contribution in [1.29, 1.82) is 0 Å². The minimum Gasteiger partial charge on any atom is -0.462 e. The minimum atomic E-state index is -0.684. The molecule has 39 heavy (non-hydrogen) atoms. The molecular weight excluding hydrogens is 541 g/mol. The zero-order chi connectivity index (χ0) is 28.1. The van der Waals surface area contributed by atoms with Gasteiger partial charge in [-0.3, -0.25) is 14.4 Å². The van der Waals surface area contributed by atoms with Gasteiger partial charge in [-0.25, -0.2) is 9.69 Å². The van der Waals surface area contributed by atoms with Gasteiger partial charge < -0.3 is 15.4 Å². The summed E-state index contributed by atoms with van der Waals surface area (Å²) < 4.78 is 5.23. The fourth-order valence-corrected chi connectivity index (χ4v) is 4.23. The van der Waals surface area contributed by atoms with Crippen molar-refractivity contribution >= 4 is 64.0 Å². The second-order valence-electron chi connectivity index (χ2n) is 8.80. The number of esters is 1. The van der Waals surface area contributed by atoms with Gasteiger partial charge in [-0.1, -0.05) is 54.7 Å². The van der Waals surface area contributed by atoms with Crippen molar-refractivity contribution in [1.82, 2.24) is 0 Å². The highest BCUT2D eigenvalue weighted by molar-refractivity contribution is 6.53. The molecule has 4 rings (SSSR count). The molecular formula is C29H25Cl2N3O5. The van der Waals surface area contributed by atoms with Gasteiger partial charge in [0, 0.05) is 22.0 Å². The first-order valence-corrected chi connectivity index (χ1v) is 13.0. The monoisotopic (exact) mass is 565 g/mol. The average molecular weight is 566 g/mol. The summed E-state index contributed by atoms with van der Waals surface area (Å²) in [7, 11) is 0. The summed E-state index contributed by atoms with van der Waals surface area (Å²) in [6.45, 7) is 4.08. The van der Waals surface area contributed by atoms with Crippen molar-refractivity contribution < 1.29 is 23.9 Å². The normalized spacial score (nSPS) is 13.1. The van der Waals surface area contributed by atoms with Gasteiger partial charge in [-0.15, -0.1) is 0 Å². The largest absolute Gasteiger partial charge is 0.462 e. The zero-order valence-electron chi connectivity index (χ0n) is 21.2. The molecule has 3 amide bonds. The highest BCUT2D eigenvalue weighted by Crippen LogP contribution is 2.33. The second kappa shape index (κ2) is 12.1. The molecule has 0 bridgehead atoms. The fourth-order valence-electron chi connectivity index (χ4n) is 3.86. The smallest absolute Gasteiger partial charge is 0.338 e. The number of nitrogens with zero attached hydrogens (tertiary/aromatic N) is 1. The van der Waals surface area contributed by atoms with Crippen molar-refractivity contribution in [3.05, 3.63) is 99.2 Å².